The lowest BCUT2D eigenvalue weighted by Crippen LogP contribution is -2.49. The summed E-state index contributed by atoms with van der Waals surface area (Å²) < 4.78 is 5.16. The summed E-state index contributed by atoms with van der Waals surface area (Å²) in [4.78, 5) is 35.2. The molecule has 0 aliphatic carbocycles. The molecule has 0 atom stereocenters. The number of carbonyl (C=O) groups is 3. The number of rotatable bonds is 7. The number of carbonyl (C=O) groups excluding carboxylic acids is 1. The van der Waals surface area contributed by atoms with E-state index in [-0.39, 0.29) is 5.91 Å². The number of carboxylic acid groups (broad SMARTS) is 2. The van der Waals surface area contributed by atoms with E-state index in [9.17, 15) is 4.79 Å². The first-order valence-electron chi connectivity index (χ1n) is 10.5. The number of amides is 1. The maximum atomic E-state index is 12.5. The molecule has 8 nitrogen and oxygen atoms in total. The van der Waals surface area contributed by atoms with Gasteiger partial charge in [0.25, 0.3) is 0 Å². The summed E-state index contributed by atoms with van der Waals surface area (Å²) in [5.74, 6) is -2.60. The van der Waals surface area contributed by atoms with Crippen LogP contribution >= 0.6 is 0 Å². The standard InChI is InChI=1S/C22H28N2O2.C2H2O4/c1-26-21-11-9-20(10-12-21)18-22(25)24-16-14-23(15-17-24)13-5-8-19-6-3-2-4-7-19;3-1(4)2(5)6/h2-4,6-7,9-12H,5,8,13-18H2,1H3;(H,3,4)(H,5,6). The Bertz CT molecular complexity index is 850. The molecule has 3 rings (SSSR count). The molecule has 1 aliphatic rings. The number of ether oxygens (including phenoxy) is 1. The van der Waals surface area contributed by atoms with Gasteiger partial charge in [0.15, 0.2) is 0 Å². The maximum absolute atomic E-state index is 12.5. The summed E-state index contributed by atoms with van der Waals surface area (Å²) in [6.45, 7) is 4.72. The lowest BCUT2D eigenvalue weighted by atomic mass is 10.1. The summed E-state index contributed by atoms with van der Waals surface area (Å²) in [5, 5.41) is 14.8. The second-order valence-electron chi connectivity index (χ2n) is 7.45. The maximum Gasteiger partial charge on any atom is 0.414 e. The van der Waals surface area contributed by atoms with Crippen molar-refractivity contribution < 1.29 is 29.3 Å². The van der Waals surface area contributed by atoms with Crippen LogP contribution in [0.5, 0.6) is 5.75 Å². The lowest BCUT2D eigenvalue weighted by molar-refractivity contribution is -0.159. The molecule has 1 heterocycles. The molecule has 1 saturated heterocycles. The number of carboxylic acids is 2. The number of hydrogen-bond donors (Lipinski definition) is 2. The van der Waals surface area contributed by atoms with E-state index in [2.05, 4.69) is 35.2 Å². The molecule has 172 valence electrons. The number of benzene rings is 2. The number of piperazine rings is 1. The zero-order valence-corrected chi connectivity index (χ0v) is 18.3. The minimum atomic E-state index is -1.82. The summed E-state index contributed by atoms with van der Waals surface area (Å²) in [5.41, 5.74) is 2.45. The van der Waals surface area contributed by atoms with E-state index in [1.807, 2.05) is 29.2 Å². The molecule has 2 aromatic rings. The van der Waals surface area contributed by atoms with Crippen LogP contribution in [0.15, 0.2) is 54.6 Å². The molecule has 0 saturated carbocycles. The molecule has 1 fully saturated rings. The Morgan fingerprint density at radius 3 is 1.97 bits per heavy atom. The van der Waals surface area contributed by atoms with Gasteiger partial charge >= 0.3 is 11.9 Å². The molecule has 2 N–H and O–H groups in total. The Labute approximate surface area is 188 Å². The molecule has 0 radical (unpaired) electrons. The zero-order chi connectivity index (χ0) is 23.3. The van der Waals surface area contributed by atoms with E-state index in [0.29, 0.717) is 6.42 Å². The van der Waals surface area contributed by atoms with Gasteiger partial charge in [-0.15, -0.1) is 0 Å². The fourth-order valence-corrected chi connectivity index (χ4v) is 3.40. The van der Waals surface area contributed by atoms with Gasteiger partial charge in [-0.3, -0.25) is 9.69 Å². The van der Waals surface area contributed by atoms with Crippen LogP contribution in [0.1, 0.15) is 17.5 Å². The molecule has 32 heavy (non-hydrogen) atoms. The van der Waals surface area contributed by atoms with Crippen LogP contribution in [0.25, 0.3) is 0 Å². The van der Waals surface area contributed by atoms with E-state index in [1.165, 1.54) is 12.0 Å². The third-order valence-electron chi connectivity index (χ3n) is 5.20. The Morgan fingerprint density at radius 1 is 0.844 bits per heavy atom. The minimum Gasteiger partial charge on any atom is -0.497 e. The first-order valence-corrected chi connectivity index (χ1v) is 10.5. The number of aryl methyl sites for hydroxylation is 1. The predicted octanol–water partition coefficient (Wildman–Crippen LogP) is 2.17. The second kappa shape index (κ2) is 13.1. The zero-order valence-electron chi connectivity index (χ0n) is 18.3. The van der Waals surface area contributed by atoms with Crippen LogP contribution in [0, 0.1) is 0 Å². The molecule has 1 amide bonds. The molecule has 1 aliphatic heterocycles. The van der Waals surface area contributed by atoms with Crippen LogP contribution in [-0.2, 0) is 27.2 Å². The van der Waals surface area contributed by atoms with Crippen molar-refractivity contribution in [3.63, 3.8) is 0 Å². The van der Waals surface area contributed by atoms with Crippen molar-refractivity contribution in [2.75, 3.05) is 39.8 Å². The molecular formula is C24H30N2O6. The fourth-order valence-electron chi connectivity index (χ4n) is 3.40. The van der Waals surface area contributed by atoms with E-state index < -0.39 is 11.9 Å². The summed E-state index contributed by atoms with van der Waals surface area (Å²) in [6.07, 6.45) is 2.76. The highest BCUT2D eigenvalue weighted by molar-refractivity contribution is 6.27. The van der Waals surface area contributed by atoms with E-state index >= 15 is 0 Å². The van der Waals surface area contributed by atoms with Gasteiger partial charge in [0.2, 0.25) is 5.91 Å². The monoisotopic (exact) mass is 442 g/mol. The summed E-state index contributed by atoms with van der Waals surface area (Å²) in [6, 6.07) is 18.4. The first-order chi connectivity index (χ1) is 15.4. The van der Waals surface area contributed by atoms with Crippen LogP contribution in [0.4, 0.5) is 0 Å². The molecule has 8 heteroatoms. The van der Waals surface area contributed by atoms with Crippen molar-refractivity contribution >= 4 is 17.8 Å². The topological polar surface area (TPSA) is 107 Å². The largest absolute Gasteiger partial charge is 0.497 e. The van der Waals surface area contributed by atoms with E-state index in [4.69, 9.17) is 24.5 Å². The summed E-state index contributed by atoms with van der Waals surface area (Å²) in [7, 11) is 1.65. The first kappa shape index (κ1) is 24.9. The number of nitrogens with zero attached hydrogens (tertiary/aromatic N) is 2. The van der Waals surface area contributed by atoms with Gasteiger partial charge in [0.1, 0.15) is 5.75 Å². The van der Waals surface area contributed by atoms with Gasteiger partial charge in [-0.1, -0.05) is 42.5 Å². The van der Waals surface area contributed by atoms with Crippen molar-refractivity contribution in [2.45, 2.75) is 19.3 Å². The minimum absolute atomic E-state index is 0.221. The SMILES string of the molecule is COc1ccc(CC(=O)N2CCN(CCCc3ccccc3)CC2)cc1.O=C(O)C(=O)O. The number of methoxy groups -OCH3 is 1. The highest BCUT2D eigenvalue weighted by Crippen LogP contribution is 2.13. The Hall–Kier alpha value is -3.39. The quantitative estimate of drug-likeness (QED) is 0.633. The van der Waals surface area contributed by atoms with Crippen molar-refractivity contribution in [3.8, 4) is 5.75 Å². The van der Waals surface area contributed by atoms with Crippen LogP contribution < -0.4 is 4.74 Å². The Morgan fingerprint density at radius 2 is 1.44 bits per heavy atom. The molecule has 0 unspecified atom stereocenters. The van der Waals surface area contributed by atoms with Gasteiger partial charge in [0, 0.05) is 26.2 Å². The van der Waals surface area contributed by atoms with E-state index in [1.54, 1.807) is 7.11 Å². The van der Waals surface area contributed by atoms with E-state index in [0.717, 1.165) is 50.5 Å². The molecule has 0 bridgehead atoms. The molecule has 0 aromatic heterocycles. The fraction of sp³-hybridized carbons (Fsp3) is 0.375. The van der Waals surface area contributed by atoms with Crippen molar-refractivity contribution in [1.82, 2.24) is 9.80 Å². The average molecular weight is 443 g/mol. The van der Waals surface area contributed by atoms with Gasteiger partial charge in [-0.2, -0.15) is 0 Å². The number of hydrogen-bond acceptors (Lipinski definition) is 5. The van der Waals surface area contributed by atoms with Crippen molar-refractivity contribution in [1.29, 1.82) is 0 Å². The van der Waals surface area contributed by atoms with Gasteiger partial charge in [-0.25, -0.2) is 9.59 Å². The van der Waals surface area contributed by atoms with Crippen molar-refractivity contribution in [2.24, 2.45) is 0 Å². The van der Waals surface area contributed by atoms with Gasteiger partial charge < -0.3 is 19.8 Å². The Kier molecular flexibility index (Phi) is 10.2. The molecule has 2 aromatic carbocycles. The normalized spacial score (nSPS) is 13.6. The smallest absolute Gasteiger partial charge is 0.414 e. The second-order valence-corrected chi connectivity index (χ2v) is 7.45. The molecule has 0 spiro atoms. The lowest BCUT2D eigenvalue weighted by Gasteiger charge is -2.34. The third kappa shape index (κ3) is 8.77. The Balaban J connectivity index is 0.000000534. The highest BCUT2D eigenvalue weighted by Gasteiger charge is 2.20. The van der Waals surface area contributed by atoms with Gasteiger partial charge in [0.05, 0.1) is 13.5 Å². The number of aliphatic carboxylic acids is 2. The van der Waals surface area contributed by atoms with Crippen LogP contribution in [0.2, 0.25) is 0 Å². The average Bonchev–Trinajstić information content (AvgIpc) is 2.81. The van der Waals surface area contributed by atoms with Crippen LogP contribution in [0.3, 0.4) is 0 Å². The molecular weight excluding hydrogens is 412 g/mol. The summed E-state index contributed by atoms with van der Waals surface area (Å²) >= 11 is 0. The highest BCUT2D eigenvalue weighted by atomic mass is 16.5. The third-order valence-corrected chi connectivity index (χ3v) is 5.20. The van der Waals surface area contributed by atoms with Crippen LogP contribution in [-0.4, -0.2) is 77.7 Å². The van der Waals surface area contributed by atoms with Crippen molar-refractivity contribution in [3.05, 3.63) is 65.7 Å². The predicted molar refractivity (Wildman–Crippen MR) is 120 cm³/mol. The van der Waals surface area contributed by atoms with Gasteiger partial charge in [-0.05, 0) is 42.6 Å².